The first-order valence-electron chi connectivity index (χ1n) is 8.91. The van der Waals surface area contributed by atoms with Crippen molar-refractivity contribution < 1.29 is 18.7 Å². The molecule has 4 fully saturated rings. The molecule has 6 heteroatoms. The van der Waals surface area contributed by atoms with Gasteiger partial charge < -0.3 is 15.0 Å². The number of likely N-dealkylation sites (tertiary alicyclic amines) is 1. The predicted molar refractivity (Wildman–Crippen MR) is 87.4 cm³/mol. The van der Waals surface area contributed by atoms with E-state index < -0.39 is 0 Å². The molecule has 0 aromatic heterocycles. The molecule has 1 spiro atoms. The van der Waals surface area contributed by atoms with E-state index in [-0.39, 0.29) is 34.7 Å². The Labute approximate surface area is 145 Å². The Kier molecular flexibility index (Phi) is 2.88. The maximum atomic E-state index is 13.9. The third-order valence-corrected chi connectivity index (χ3v) is 6.67. The van der Waals surface area contributed by atoms with E-state index >= 15 is 0 Å². The molecule has 5 rings (SSSR count). The van der Waals surface area contributed by atoms with Crippen molar-refractivity contribution in [3.63, 3.8) is 0 Å². The molecule has 2 unspecified atom stereocenters. The summed E-state index contributed by atoms with van der Waals surface area (Å²) in [4.78, 5) is 26.0. The molecule has 132 valence electrons. The van der Waals surface area contributed by atoms with Gasteiger partial charge in [-0.25, -0.2) is 9.18 Å². The largest absolute Gasteiger partial charge is 0.447 e. The first-order valence-corrected chi connectivity index (χ1v) is 8.91. The van der Waals surface area contributed by atoms with E-state index in [2.05, 4.69) is 5.32 Å². The highest BCUT2D eigenvalue weighted by atomic mass is 19.1. The number of fused-ring (bicyclic) bond motifs is 1. The Hall–Kier alpha value is -2.11. The molecule has 2 saturated carbocycles. The summed E-state index contributed by atoms with van der Waals surface area (Å²) >= 11 is 0. The average molecular weight is 344 g/mol. The number of alkyl carbamates (subject to hydrolysis) is 1. The number of halogens is 1. The molecule has 2 amide bonds. The van der Waals surface area contributed by atoms with Crippen LogP contribution in [-0.2, 0) is 14.9 Å². The van der Waals surface area contributed by atoms with Crippen LogP contribution in [0.1, 0.15) is 30.4 Å². The lowest BCUT2D eigenvalue weighted by Gasteiger charge is -2.43. The second kappa shape index (κ2) is 4.74. The van der Waals surface area contributed by atoms with Crippen LogP contribution >= 0.6 is 0 Å². The van der Waals surface area contributed by atoms with Crippen molar-refractivity contribution in [2.24, 2.45) is 11.8 Å². The summed E-state index contributed by atoms with van der Waals surface area (Å²) in [5, 5.41) is 2.83. The van der Waals surface area contributed by atoms with Gasteiger partial charge in [-0.1, -0.05) is 12.1 Å². The second-order valence-corrected chi connectivity index (χ2v) is 8.33. The van der Waals surface area contributed by atoms with Crippen LogP contribution < -0.4 is 5.32 Å². The lowest BCUT2D eigenvalue weighted by Crippen LogP contribution is -2.58. The zero-order chi connectivity index (χ0) is 17.4. The van der Waals surface area contributed by atoms with Gasteiger partial charge in [0.05, 0.1) is 5.54 Å². The average Bonchev–Trinajstić information content (AvgIpc) is 2.91. The highest BCUT2D eigenvalue weighted by molar-refractivity contribution is 5.82. The van der Waals surface area contributed by atoms with E-state index in [1.54, 1.807) is 13.0 Å². The first-order chi connectivity index (χ1) is 11.9. The van der Waals surface area contributed by atoms with Gasteiger partial charge in [-0.3, -0.25) is 4.79 Å². The number of benzene rings is 1. The van der Waals surface area contributed by atoms with E-state index in [4.69, 9.17) is 4.74 Å². The van der Waals surface area contributed by atoms with Crippen molar-refractivity contribution in [1.29, 1.82) is 0 Å². The number of carbonyl (C=O) groups excluding carboxylic acids is 2. The quantitative estimate of drug-likeness (QED) is 0.894. The molecule has 0 radical (unpaired) electrons. The maximum Gasteiger partial charge on any atom is 0.407 e. The van der Waals surface area contributed by atoms with E-state index in [9.17, 15) is 14.0 Å². The molecule has 5 nitrogen and oxygen atoms in total. The van der Waals surface area contributed by atoms with Gasteiger partial charge in [0.25, 0.3) is 0 Å². The highest BCUT2D eigenvalue weighted by Gasteiger charge is 2.63. The minimum absolute atomic E-state index is 0.0358. The predicted octanol–water partition coefficient (Wildman–Crippen LogP) is 2.12. The van der Waals surface area contributed by atoms with Gasteiger partial charge in [-0.05, 0) is 49.3 Å². The Morgan fingerprint density at radius 1 is 1.36 bits per heavy atom. The smallest absolute Gasteiger partial charge is 0.407 e. The van der Waals surface area contributed by atoms with Crippen molar-refractivity contribution in [3.05, 3.63) is 35.1 Å². The zero-order valence-corrected chi connectivity index (χ0v) is 14.2. The summed E-state index contributed by atoms with van der Waals surface area (Å²) in [7, 11) is 0. The lowest BCUT2D eigenvalue weighted by atomic mass is 9.68. The number of nitrogens with zero attached hydrogens (tertiary/aromatic N) is 1. The second-order valence-electron chi connectivity index (χ2n) is 8.33. The Bertz CT molecular complexity index is 789. The van der Waals surface area contributed by atoms with Crippen molar-refractivity contribution in [1.82, 2.24) is 10.2 Å². The van der Waals surface area contributed by atoms with E-state index in [1.807, 2.05) is 17.0 Å². The molecule has 2 saturated heterocycles. The van der Waals surface area contributed by atoms with Crippen LogP contribution in [0.15, 0.2) is 18.2 Å². The van der Waals surface area contributed by atoms with Crippen LogP contribution in [0, 0.1) is 24.6 Å². The molecule has 2 atom stereocenters. The molecule has 1 aromatic rings. The van der Waals surface area contributed by atoms with Gasteiger partial charge in [0.2, 0.25) is 5.91 Å². The standard InChI is InChI=1S/C19H21FN2O3/c1-11-2-3-13(4-15(11)20)19-7-14(19)8-22(9-19)16(23)12-5-18(6-12)10-25-17(24)21-18/h2-4,12,14H,5-10H2,1H3,(H,21,24)/t12-,14?,18+,19?. The zero-order valence-electron chi connectivity index (χ0n) is 14.2. The third kappa shape index (κ3) is 2.12. The summed E-state index contributed by atoms with van der Waals surface area (Å²) in [6, 6.07) is 5.49. The van der Waals surface area contributed by atoms with Crippen LogP contribution in [0.5, 0.6) is 0 Å². The van der Waals surface area contributed by atoms with E-state index in [1.165, 1.54) is 0 Å². The molecule has 25 heavy (non-hydrogen) atoms. The van der Waals surface area contributed by atoms with Crippen LogP contribution in [0.4, 0.5) is 9.18 Å². The monoisotopic (exact) mass is 344 g/mol. The van der Waals surface area contributed by atoms with Gasteiger partial charge in [0, 0.05) is 24.4 Å². The van der Waals surface area contributed by atoms with E-state index in [0.717, 1.165) is 18.5 Å². The highest BCUT2D eigenvalue weighted by Crippen LogP contribution is 2.59. The van der Waals surface area contributed by atoms with Crippen LogP contribution in [0.3, 0.4) is 0 Å². The molecule has 0 bridgehead atoms. The topological polar surface area (TPSA) is 58.6 Å². The molecule has 2 aliphatic heterocycles. The fourth-order valence-electron chi connectivity index (χ4n) is 5.03. The van der Waals surface area contributed by atoms with Crippen molar-refractivity contribution in [2.45, 2.75) is 37.1 Å². The van der Waals surface area contributed by atoms with Crippen molar-refractivity contribution >= 4 is 12.0 Å². The minimum Gasteiger partial charge on any atom is -0.447 e. The number of piperidine rings is 1. The molecule has 1 N–H and O–H groups in total. The van der Waals surface area contributed by atoms with Gasteiger partial charge >= 0.3 is 6.09 Å². The fraction of sp³-hybridized carbons (Fsp3) is 0.579. The minimum atomic E-state index is -0.381. The Balaban J connectivity index is 1.26. The third-order valence-electron chi connectivity index (χ3n) is 6.67. The molecule has 4 aliphatic rings. The lowest BCUT2D eigenvalue weighted by molar-refractivity contribution is -0.140. The summed E-state index contributed by atoms with van der Waals surface area (Å²) in [6.07, 6.45) is 1.97. The number of cyclic esters (lactones) is 1. The number of ether oxygens (including phenoxy) is 1. The number of hydrogen-bond acceptors (Lipinski definition) is 3. The number of rotatable bonds is 2. The number of amides is 2. The van der Waals surface area contributed by atoms with Gasteiger partial charge in [-0.2, -0.15) is 0 Å². The Morgan fingerprint density at radius 3 is 2.84 bits per heavy atom. The maximum absolute atomic E-state index is 13.9. The van der Waals surface area contributed by atoms with E-state index in [0.29, 0.717) is 37.5 Å². The van der Waals surface area contributed by atoms with Gasteiger partial charge in [0.1, 0.15) is 12.4 Å². The normalized spacial score (nSPS) is 38.2. The SMILES string of the molecule is Cc1ccc(C23CC2CN(C(=O)[C@H]2C[C@]4(COC(=O)N4)C2)C3)cc1F. The fourth-order valence-corrected chi connectivity index (χ4v) is 5.03. The van der Waals surface area contributed by atoms with Crippen LogP contribution in [0.2, 0.25) is 0 Å². The van der Waals surface area contributed by atoms with Crippen LogP contribution in [-0.4, -0.2) is 42.1 Å². The number of aryl methyl sites for hydroxylation is 1. The number of carbonyl (C=O) groups is 2. The molecular formula is C19H21FN2O3. The molecular weight excluding hydrogens is 323 g/mol. The molecule has 2 heterocycles. The number of hydrogen-bond donors (Lipinski definition) is 1. The number of nitrogens with one attached hydrogen (secondary N) is 1. The van der Waals surface area contributed by atoms with Gasteiger partial charge in [-0.15, -0.1) is 0 Å². The van der Waals surface area contributed by atoms with Gasteiger partial charge in [0.15, 0.2) is 0 Å². The summed E-state index contributed by atoms with van der Waals surface area (Å²) in [5.41, 5.74) is 1.31. The van der Waals surface area contributed by atoms with Crippen molar-refractivity contribution in [2.75, 3.05) is 19.7 Å². The summed E-state index contributed by atoms with van der Waals surface area (Å²) < 4.78 is 18.9. The first kappa shape index (κ1) is 15.2. The molecule has 1 aromatic carbocycles. The Morgan fingerprint density at radius 2 is 2.16 bits per heavy atom. The summed E-state index contributed by atoms with van der Waals surface area (Å²) in [5.74, 6) is 0.416. The summed E-state index contributed by atoms with van der Waals surface area (Å²) in [6.45, 7) is 3.58. The van der Waals surface area contributed by atoms with Crippen LogP contribution in [0.25, 0.3) is 0 Å². The molecule has 2 aliphatic carbocycles. The van der Waals surface area contributed by atoms with Crippen molar-refractivity contribution in [3.8, 4) is 0 Å².